The first-order valence-corrected chi connectivity index (χ1v) is 11.7. The van der Waals surface area contributed by atoms with Crippen LogP contribution < -0.4 is 5.32 Å². The van der Waals surface area contributed by atoms with E-state index in [1.807, 2.05) is 30.3 Å². The van der Waals surface area contributed by atoms with Crippen LogP contribution in [0.3, 0.4) is 0 Å². The van der Waals surface area contributed by atoms with Gasteiger partial charge < -0.3 is 5.32 Å². The molecule has 4 aromatic rings. The number of nitro groups is 2. The molecule has 1 atom stereocenters. The number of benzene rings is 3. The van der Waals surface area contributed by atoms with Crippen LogP contribution >= 0.6 is 11.8 Å². The third-order valence-electron chi connectivity index (χ3n) is 5.24. The number of nitrogens with one attached hydrogen (secondary N) is 1. The number of hydrogen-bond acceptors (Lipinski definition) is 8. The Balaban J connectivity index is 1.64. The van der Waals surface area contributed by atoms with Gasteiger partial charge in [-0.25, -0.2) is 0 Å². The maximum absolute atomic E-state index is 12.8. The van der Waals surface area contributed by atoms with Crippen molar-refractivity contribution in [1.82, 2.24) is 20.1 Å². The molecule has 0 saturated carbocycles. The van der Waals surface area contributed by atoms with Gasteiger partial charge in [0.15, 0.2) is 11.0 Å². The number of aromatic nitrogens is 3. The average molecular weight is 505 g/mol. The van der Waals surface area contributed by atoms with Gasteiger partial charge in [0.2, 0.25) is 0 Å². The Hall–Kier alpha value is -4.58. The second kappa shape index (κ2) is 10.8. The summed E-state index contributed by atoms with van der Waals surface area (Å²) in [7, 11) is 0. The number of carbonyl (C=O) groups is 1. The van der Waals surface area contributed by atoms with E-state index in [9.17, 15) is 25.0 Å². The maximum Gasteiger partial charge on any atom is 0.270 e. The molecule has 182 valence electrons. The highest BCUT2D eigenvalue weighted by Crippen LogP contribution is 2.28. The van der Waals surface area contributed by atoms with Gasteiger partial charge in [0.25, 0.3) is 17.3 Å². The van der Waals surface area contributed by atoms with Gasteiger partial charge in [0.1, 0.15) is 0 Å². The van der Waals surface area contributed by atoms with E-state index in [2.05, 4.69) is 15.5 Å². The van der Waals surface area contributed by atoms with E-state index in [1.54, 1.807) is 23.6 Å². The summed E-state index contributed by atoms with van der Waals surface area (Å²) in [5.74, 6) is 0.501. The molecule has 0 unspecified atom stereocenters. The Bertz CT molecular complexity index is 1410. The van der Waals surface area contributed by atoms with Crippen molar-refractivity contribution in [3.8, 4) is 5.69 Å². The van der Waals surface area contributed by atoms with Crippen molar-refractivity contribution in [2.24, 2.45) is 0 Å². The van der Waals surface area contributed by atoms with Gasteiger partial charge in [0.05, 0.1) is 15.9 Å². The zero-order valence-electron chi connectivity index (χ0n) is 19.0. The summed E-state index contributed by atoms with van der Waals surface area (Å²) in [4.78, 5) is 33.9. The Labute approximate surface area is 209 Å². The molecule has 1 aromatic heterocycles. The average Bonchev–Trinajstić information content (AvgIpc) is 3.32. The quantitative estimate of drug-likeness (QED) is 0.193. The molecule has 0 radical (unpaired) electrons. The van der Waals surface area contributed by atoms with Crippen molar-refractivity contribution >= 4 is 29.0 Å². The minimum Gasteiger partial charge on any atom is -0.342 e. The summed E-state index contributed by atoms with van der Waals surface area (Å²) in [6, 6.07) is 20.5. The molecular formula is C24H20N6O5S. The van der Waals surface area contributed by atoms with Crippen molar-refractivity contribution in [2.45, 2.75) is 23.9 Å². The molecule has 0 aliphatic carbocycles. The Morgan fingerprint density at radius 2 is 1.64 bits per heavy atom. The molecule has 0 saturated heterocycles. The summed E-state index contributed by atoms with van der Waals surface area (Å²) >= 11 is 1.43. The van der Waals surface area contributed by atoms with Crippen LogP contribution in [0, 0.1) is 20.2 Å². The normalized spacial score (nSPS) is 11.6. The fourth-order valence-electron chi connectivity index (χ4n) is 3.45. The van der Waals surface area contributed by atoms with Crippen molar-refractivity contribution in [1.29, 1.82) is 0 Å². The largest absolute Gasteiger partial charge is 0.342 e. The lowest BCUT2D eigenvalue weighted by atomic mass is 10.1. The van der Waals surface area contributed by atoms with Gasteiger partial charge in [-0.15, -0.1) is 10.2 Å². The third kappa shape index (κ3) is 5.55. The standard InChI is InChI=1S/C24H20N6O5S/c1-16(25-23(31)18-8-5-9-21(14-18)30(34)35)22-26-27-24(36-15-17-6-3-2-4-7-17)28(22)19-10-12-20(13-11-19)29(32)33/h2-14,16H,15H2,1H3,(H,25,31)/t16-/m0/s1. The molecule has 1 amide bonds. The SMILES string of the molecule is C[C@H](NC(=O)c1cccc([N+](=O)[O-])c1)c1nnc(SCc2ccccc2)n1-c1ccc([N+](=O)[O-])cc1. The molecule has 11 nitrogen and oxygen atoms in total. The zero-order chi connectivity index (χ0) is 25.7. The van der Waals surface area contributed by atoms with Gasteiger partial charge in [0, 0.05) is 41.3 Å². The molecule has 0 aliphatic rings. The van der Waals surface area contributed by atoms with Gasteiger partial charge in [-0.05, 0) is 30.7 Å². The highest BCUT2D eigenvalue weighted by atomic mass is 32.2. The van der Waals surface area contributed by atoms with Crippen LogP contribution in [0.2, 0.25) is 0 Å². The Kier molecular flexibility index (Phi) is 7.35. The summed E-state index contributed by atoms with van der Waals surface area (Å²) < 4.78 is 1.73. The van der Waals surface area contributed by atoms with Crippen LogP contribution in [0.4, 0.5) is 11.4 Å². The first-order valence-electron chi connectivity index (χ1n) is 10.8. The zero-order valence-corrected chi connectivity index (χ0v) is 19.8. The van der Waals surface area contributed by atoms with Crippen LogP contribution in [0.15, 0.2) is 84.0 Å². The number of hydrogen-bond donors (Lipinski definition) is 1. The van der Waals surface area contributed by atoms with Gasteiger partial charge in [-0.2, -0.15) is 0 Å². The molecule has 12 heteroatoms. The molecular weight excluding hydrogens is 484 g/mol. The number of thioether (sulfide) groups is 1. The van der Waals surface area contributed by atoms with Gasteiger partial charge >= 0.3 is 0 Å². The Morgan fingerprint density at radius 3 is 2.31 bits per heavy atom. The number of rotatable bonds is 9. The molecule has 0 bridgehead atoms. The lowest BCUT2D eigenvalue weighted by molar-refractivity contribution is -0.385. The number of nitro benzene ring substituents is 2. The first kappa shape index (κ1) is 24.5. The maximum atomic E-state index is 12.8. The summed E-state index contributed by atoms with van der Waals surface area (Å²) in [6.45, 7) is 1.72. The second-order valence-corrected chi connectivity index (χ2v) is 8.67. The van der Waals surface area contributed by atoms with E-state index in [1.165, 1.54) is 48.2 Å². The van der Waals surface area contributed by atoms with Crippen LogP contribution in [0.5, 0.6) is 0 Å². The predicted molar refractivity (Wildman–Crippen MR) is 133 cm³/mol. The fraction of sp³-hybridized carbons (Fsp3) is 0.125. The Morgan fingerprint density at radius 1 is 0.944 bits per heavy atom. The van der Waals surface area contributed by atoms with Crippen molar-refractivity contribution in [3.05, 3.63) is 116 Å². The number of nitrogens with zero attached hydrogens (tertiary/aromatic N) is 5. The van der Waals surface area contributed by atoms with E-state index in [4.69, 9.17) is 0 Å². The number of amides is 1. The van der Waals surface area contributed by atoms with E-state index in [0.717, 1.165) is 5.56 Å². The van der Waals surface area contributed by atoms with Gasteiger partial charge in [-0.3, -0.25) is 29.6 Å². The van der Waals surface area contributed by atoms with Gasteiger partial charge in [-0.1, -0.05) is 48.2 Å². The first-order chi connectivity index (χ1) is 17.3. The number of carbonyl (C=O) groups excluding carboxylic acids is 1. The third-order valence-corrected chi connectivity index (χ3v) is 6.24. The van der Waals surface area contributed by atoms with Crippen LogP contribution in [-0.2, 0) is 5.75 Å². The van der Waals surface area contributed by atoms with Crippen molar-refractivity contribution in [3.63, 3.8) is 0 Å². The van der Waals surface area contributed by atoms with Crippen LogP contribution in [-0.4, -0.2) is 30.5 Å². The molecule has 1 heterocycles. The number of non-ortho nitro benzene ring substituents is 2. The minimum absolute atomic E-state index is 0.0566. The summed E-state index contributed by atoms with van der Waals surface area (Å²) in [5.41, 5.74) is 1.56. The smallest absolute Gasteiger partial charge is 0.270 e. The molecule has 4 rings (SSSR count). The topological polar surface area (TPSA) is 146 Å². The highest BCUT2D eigenvalue weighted by Gasteiger charge is 2.23. The van der Waals surface area contributed by atoms with Crippen LogP contribution in [0.1, 0.15) is 34.7 Å². The van der Waals surface area contributed by atoms with E-state index in [0.29, 0.717) is 22.4 Å². The monoisotopic (exact) mass is 504 g/mol. The molecule has 0 aliphatic heterocycles. The summed E-state index contributed by atoms with van der Waals surface area (Å²) in [5, 5.41) is 34.1. The molecule has 0 spiro atoms. The van der Waals surface area contributed by atoms with Crippen molar-refractivity contribution in [2.75, 3.05) is 0 Å². The molecule has 3 aromatic carbocycles. The van der Waals surface area contributed by atoms with E-state index < -0.39 is 21.8 Å². The summed E-state index contributed by atoms with van der Waals surface area (Å²) in [6.07, 6.45) is 0. The fourth-order valence-corrected chi connectivity index (χ4v) is 4.36. The predicted octanol–water partition coefficient (Wildman–Crippen LogP) is 4.87. The molecule has 1 N–H and O–H groups in total. The minimum atomic E-state index is -0.634. The van der Waals surface area contributed by atoms with E-state index in [-0.39, 0.29) is 16.9 Å². The van der Waals surface area contributed by atoms with E-state index >= 15 is 0 Å². The van der Waals surface area contributed by atoms with Crippen LogP contribution in [0.25, 0.3) is 5.69 Å². The molecule has 0 fully saturated rings. The second-order valence-electron chi connectivity index (χ2n) is 7.73. The lowest BCUT2D eigenvalue weighted by Gasteiger charge is -2.16. The highest BCUT2D eigenvalue weighted by molar-refractivity contribution is 7.98. The lowest BCUT2D eigenvalue weighted by Crippen LogP contribution is -2.28. The van der Waals surface area contributed by atoms with Crippen molar-refractivity contribution < 1.29 is 14.6 Å². The molecule has 36 heavy (non-hydrogen) atoms.